The summed E-state index contributed by atoms with van der Waals surface area (Å²) in [6, 6.07) is 8.42. The number of fused-ring (bicyclic) bond motifs is 5. The van der Waals surface area contributed by atoms with Gasteiger partial charge in [0.25, 0.3) is 0 Å². The average Bonchev–Trinajstić information content (AvgIpc) is 2.95. The largest absolute Gasteiger partial charge is 0.466 e. The minimum absolute atomic E-state index is 0.129. The Hall–Kier alpha value is -2.07. The van der Waals surface area contributed by atoms with Crippen LogP contribution in [0, 0.1) is 0 Å². The van der Waals surface area contributed by atoms with Crippen LogP contribution in [0.2, 0.25) is 0 Å². The van der Waals surface area contributed by atoms with Gasteiger partial charge in [-0.15, -0.1) is 0 Å². The second kappa shape index (κ2) is 5.53. The van der Waals surface area contributed by atoms with Crippen molar-refractivity contribution in [3.63, 3.8) is 0 Å². The Kier molecular flexibility index (Phi) is 3.49. The first-order valence-electron chi connectivity index (χ1n) is 8.43. The quantitative estimate of drug-likeness (QED) is 0.700. The van der Waals surface area contributed by atoms with E-state index in [9.17, 15) is 4.79 Å². The molecule has 4 heteroatoms. The Balaban J connectivity index is 1.87. The van der Waals surface area contributed by atoms with E-state index in [4.69, 9.17) is 4.74 Å². The Morgan fingerprint density at radius 3 is 3.09 bits per heavy atom. The molecular formula is C19H22N2O2. The maximum absolute atomic E-state index is 12.3. The maximum Gasteiger partial charge on any atom is 0.308 e. The number of carbonyl (C=O) groups is 1. The van der Waals surface area contributed by atoms with Gasteiger partial charge >= 0.3 is 5.97 Å². The van der Waals surface area contributed by atoms with E-state index in [-0.39, 0.29) is 11.5 Å². The Bertz CT molecular complexity index is 777. The summed E-state index contributed by atoms with van der Waals surface area (Å²) in [5, 5.41) is 1.28. The van der Waals surface area contributed by atoms with Crippen molar-refractivity contribution in [2.24, 2.45) is 0 Å². The van der Waals surface area contributed by atoms with Crippen LogP contribution in [0.15, 0.2) is 36.4 Å². The first kappa shape index (κ1) is 14.5. The van der Waals surface area contributed by atoms with Gasteiger partial charge in [-0.25, -0.2) is 0 Å². The number of H-pyrrole nitrogens is 1. The van der Waals surface area contributed by atoms with Crippen LogP contribution >= 0.6 is 0 Å². The Morgan fingerprint density at radius 1 is 1.35 bits per heavy atom. The molecule has 3 heterocycles. The molecule has 23 heavy (non-hydrogen) atoms. The number of benzene rings is 1. The smallest absolute Gasteiger partial charge is 0.308 e. The third-order valence-corrected chi connectivity index (χ3v) is 5.12. The van der Waals surface area contributed by atoms with E-state index in [1.165, 1.54) is 16.6 Å². The number of nitrogens with zero attached hydrogens (tertiary/aromatic N) is 1. The molecule has 0 amide bonds. The van der Waals surface area contributed by atoms with Gasteiger partial charge < -0.3 is 9.72 Å². The fourth-order valence-electron chi connectivity index (χ4n) is 4.13. The van der Waals surface area contributed by atoms with Crippen molar-refractivity contribution in [3.05, 3.63) is 47.7 Å². The molecule has 0 radical (unpaired) electrons. The van der Waals surface area contributed by atoms with Crippen LogP contribution < -0.4 is 0 Å². The predicted octanol–water partition coefficient (Wildman–Crippen LogP) is 3.13. The minimum atomic E-state index is -0.378. The normalized spacial score (nSPS) is 23.5. The van der Waals surface area contributed by atoms with E-state index in [0.717, 1.165) is 31.4 Å². The number of aromatic amines is 1. The van der Waals surface area contributed by atoms with E-state index < -0.39 is 0 Å². The van der Waals surface area contributed by atoms with Crippen molar-refractivity contribution >= 4 is 16.9 Å². The molecular weight excluding hydrogens is 288 g/mol. The zero-order valence-corrected chi connectivity index (χ0v) is 13.5. The summed E-state index contributed by atoms with van der Waals surface area (Å²) in [7, 11) is 0. The number of carbonyl (C=O) groups excluding carboxylic acids is 1. The third-order valence-electron chi connectivity index (χ3n) is 5.12. The molecule has 0 aliphatic carbocycles. The monoisotopic (exact) mass is 310 g/mol. The van der Waals surface area contributed by atoms with Gasteiger partial charge in [-0.3, -0.25) is 9.69 Å². The summed E-state index contributed by atoms with van der Waals surface area (Å²) < 4.78 is 5.26. The van der Waals surface area contributed by atoms with Crippen LogP contribution in [0.4, 0.5) is 0 Å². The summed E-state index contributed by atoms with van der Waals surface area (Å²) in [5.41, 5.74) is 3.31. The maximum atomic E-state index is 12.3. The van der Waals surface area contributed by atoms with E-state index in [2.05, 4.69) is 46.3 Å². The highest BCUT2D eigenvalue weighted by Gasteiger charge is 2.45. The highest BCUT2D eigenvalue weighted by molar-refractivity contribution is 5.86. The summed E-state index contributed by atoms with van der Waals surface area (Å²) in [4.78, 5) is 18.3. The lowest BCUT2D eigenvalue weighted by atomic mass is 9.80. The zero-order chi connectivity index (χ0) is 15.9. The lowest BCUT2D eigenvalue weighted by Gasteiger charge is -2.46. The molecule has 4 rings (SSSR count). The highest BCUT2D eigenvalue weighted by atomic mass is 16.5. The number of aromatic nitrogens is 1. The standard InChI is InChI=1S/C19H22N2O2/c1-2-23-17(22)13-19-10-5-6-11-21(19)12-9-15-14-7-3-4-8-16(14)20-18(15)19/h3-5,7-8,10,20H,2,6,9,11-13H2,1H3/t19-/m1/s1. The third kappa shape index (κ3) is 2.20. The molecule has 0 spiro atoms. The number of hydrogen-bond acceptors (Lipinski definition) is 3. The Morgan fingerprint density at radius 2 is 2.22 bits per heavy atom. The number of hydrogen-bond donors (Lipinski definition) is 1. The molecule has 1 aromatic carbocycles. The van der Waals surface area contributed by atoms with Crippen LogP contribution in [0.1, 0.15) is 31.0 Å². The lowest BCUT2D eigenvalue weighted by Crippen LogP contribution is -2.52. The predicted molar refractivity (Wildman–Crippen MR) is 90.3 cm³/mol. The van der Waals surface area contributed by atoms with Crippen LogP contribution in [-0.2, 0) is 21.5 Å². The molecule has 1 atom stereocenters. The number of esters is 1. The van der Waals surface area contributed by atoms with Gasteiger partial charge in [-0.1, -0.05) is 30.4 Å². The van der Waals surface area contributed by atoms with E-state index in [1.807, 2.05) is 6.92 Å². The van der Waals surface area contributed by atoms with Gasteiger partial charge in [0, 0.05) is 29.7 Å². The van der Waals surface area contributed by atoms with Crippen molar-refractivity contribution < 1.29 is 9.53 Å². The van der Waals surface area contributed by atoms with Crippen LogP contribution in [0.3, 0.4) is 0 Å². The van der Waals surface area contributed by atoms with Crippen molar-refractivity contribution in [1.29, 1.82) is 0 Å². The topological polar surface area (TPSA) is 45.3 Å². The van der Waals surface area contributed by atoms with Gasteiger partial charge in [-0.2, -0.15) is 0 Å². The van der Waals surface area contributed by atoms with Crippen LogP contribution in [0.5, 0.6) is 0 Å². The molecule has 0 fully saturated rings. The summed E-state index contributed by atoms with van der Waals surface area (Å²) in [6.45, 7) is 4.26. The van der Waals surface area contributed by atoms with Crippen molar-refractivity contribution in [1.82, 2.24) is 9.88 Å². The molecule has 1 aromatic heterocycles. The molecule has 0 saturated carbocycles. The van der Waals surface area contributed by atoms with E-state index in [0.29, 0.717) is 13.0 Å². The minimum Gasteiger partial charge on any atom is -0.466 e. The van der Waals surface area contributed by atoms with E-state index >= 15 is 0 Å². The highest BCUT2D eigenvalue weighted by Crippen LogP contribution is 2.43. The first-order chi connectivity index (χ1) is 11.2. The van der Waals surface area contributed by atoms with Crippen LogP contribution in [0.25, 0.3) is 10.9 Å². The van der Waals surface area contributed by atoms with Crippen molar-refractivity contribution in [3.8, 4) is 0 Å². The number of ether oxygens (including phenoxy) is 1. The molecule has 0 unspecified atom stereocenters. The molecule has 2 aliphatic rings. The number of nitrogens with one attached hydrogen (secondary N) is 1. The fourth-order valence-corrected chi connectivity index (χ4v) is 4.13. The van der Waals surface area contributed by atoms with Crippen molar-refractivity contribution in [2.75, 3.05) is 19.7 Å². The first-order valence-corrected chi connectivity index (χ1v) is 8.43. The summed E-state index contributed by atoms with van der Waals surface area (Å²) >= 11 is 0. The lowest BCUT2D eigenvalue weighted by molar-refractivity contribution is -0.146. The SMILES string of the molecule is CCOC(=O)C[C@@]12C=CCCN1CCc1c2[nH]c2ccccc12. The van der Waals surface area contributed by atoms with Gasteiger partial charge in [0.1, 0.15) is 0 Å². The summed E-state index contributed by atoms with van der Waals surface area (Å²) in [5.74, 6) is -0.129. The second-order valence-corrected chi connectivity index (χ2v) is 6.36. The van der Waals surface area contributed by atoms with Crippen LogP contribution in [-0.4, -0.2) is 35.5 Å². The van der Waals surface area contributed by atoms with Gasteiger partial charge in [0.15, 0.2) is 0 Å². The average molecular weight is 310 g/mol. The zero-order valence-electron chi connectivity index (χ0n) is 13.5. The van der Waals surface area contributed by atoms with Gasteiger partial charge in [0.05, 0.1) is 18.6 Å². The molecule has 1 N–H and O–H groups in total. The van der Waals surface area contributed by atoms with Crippen molar-refractivity contribution in [2.45, 2.75) is 31.7 Å². The van der Waals surface area contributed by atoms with E-state index in [1.54, 1.807) is 0 Å². The molecule has 2 aliphatic heterocycles. The fraction of sp³-hybridized carbons (Fsp3) is 0.421. The molecule has 2 aromatic rings. The molecule has 120 valence electrons. The van der Waals surface area contributed by atoms with Gasteiger partial charge in [0.2, 0.25) is 0 Å². The number of rotatable bonds is 3. The molecule has 4 nitrogen and oxygen atoms in total. The van der Waals surface area contributed by atoms with Gasteiger partial charge in [-0.05, 0) is 31.4 Å². The number of para-hydroxylation sites is 1. The second-order valence-electron chi connectivity index (χ2n) is 6.36. The summed E-state index contributed by atoms with van der Waals surface area (Å²) in [6.07, 6.45) is 6.85. The molecule has 0 bridgehead atoms. The Labute approximate surface area is 136 Å². The molecule has 0 saturated heterocycles.